The van der Waals surface area contributed by atoms with E-state index in [2.05, 4.69) is 9.97 Å². The van der Waals surface area contributed by atoms with E-state index in [0.717, 1.165) is 27.7 Å². The molecule has 3 rings (SSSR count). The topological polar surface area (TPSA) is 63.1 Å². The van der Waals surface area contributed by atoms with E-state index in [1.54, 1.807) is 18.5 Å². The van der Waals surface area contributed by atoms with Crippen molar-refractivity contribution in [2.24, 2.45) is 0 Å². The summed E-state index contributed by atoms with van der Waals surface area (Å²) < 4.78 is 0. The average molecular weight is 264 g/mol. The zero-order chi connectivity index (χ0) is 13.9. The highest BCUT2D eigenvalue weighted by Gasteiger charge is 2.07. The van der Waals surface area contributed by atoms with Crippen LogP contribution in [0.3, 0.4) is 0 Å². The summed E-state index contributed by atoms with van der Waals surface area (Å²) in [5.41, 5.74) is 3.36. The molecule has 4 nitrogen and oxygen atoms in total. The maximum Gasteiger partial charge on any atom is 0.307 e. The summed E-state index contributed by atoms with van der Waals surface area (Å²) >= 11 is 0. The molecule has 0 saturated heterocycles. The van der Waals surface area contributed by atoms with Crippen LogP contribution in [0.4, 0.5) is 0 Å². The first-order valence-corrected chi connectivity index (χ1v) is 6.25. The van der Waals surface area contributed by atoms with Crippen molar-refractivity contribution >= 4 is 16.9 Å². The molecule has 0 aliphatic rings. The first kappa shape index (κ1) is 12.3. The smallest absolute Gasteiger partial charge is 0.307 e. The standard InChI is InChI=1S/C16H12N2O2/c19-15(20)10-11-3-1-4-12(9-11)16-13-5-2-7-17-14(13)6-8-18-16/h1-9H,10H2,(H,19,20). The van der Waals surface area contributed by atoms with E-state index in [4.69, 9.17) is 5.11 Å². The number of carboxylic acid groups (broad SMARTS) is 1. The number of nitrogens with zero attached hydrogens (tertiary/aromatic N) is 2. The quantitative estimate of drug-likeness (QED) is 0.790. The normalized spacial score (nSPS) is 10.6. The summed E-state index contributed by atoms with van der Waals surface area (Å²) in [6.45, 7) is 0. The number of fused-ring (bicyclic) bond motifs is 1. The Labute approximate surface area is 115 Å². The number of aromatic nitrogens is 2. The number of carbonyl (C=O) groups is 1. The molecule has 0 radical (unpaired) electrons. The predicted octanol–water partition coefficient (Wildman–Crippen LogP) is 2.92. The Kier molecular flexibility index (Phi) is 3.13. The Morgan fingerprint density at radius 3 is 2.80 bits per heavy atom. The molecule has 0 saturated carbocycles. The van der Waals surface area contributed by atoms with Crippen molar-refractivity contribution in [1.29, 1.82) is 0 Å². The first-order chi connectivity index (χ1) is 9.74. The molecule has 0 atom stereocenters. The van der Waals surface area contributed by atoms with E-state index < -0.39 is 5.97 Å². The highest BCUT2D eigenvalue weighted by Crippen LogP contribution is 2.25. The zero-order valence-corrected chi connectivity index (χ0v) is 10.7. The fraction of sp³-hybridized carbons (Fsp3) is 0.0625. The lowest BCUT2D eigenvalue weighted by atomic mass is 10.0. The third-order valence-corrected chi connectivity index (χ3v) is 3.09. The van der Waals surface area contributed by atoms with Gasteiger partial charge in [0, 0.05) is 23.3 Å². The lowest BCUT2D eigenvalue weighted by molar-refractivity contribution is -0.136. The third kappa shape index (κ3) is 2.36. The van der Waals surface area contributed by atoms with Crippen molar-refractivity contribution in [1.82, 2.24) is 9.97 Å². The number of pyridine rings is 2. The van der Waals surface area contributed by atoms with Crippen molar-refractivity contribution in [3.05, 3.63) is 60.4 Å². The number of hydrogen-bond acceptors (Lipinski definition) is 3. The number of hydrogen-bond donors (Lipinski definition) is 1. The Hall–Kier alpha value is -2.75. The van der Waals surface area contributed by atoms with Crippen molar-refractivity contribution in [3.8, 4) is 11.3 Å². The average Bonchev–Trinajstić information content (AvgIpc) is 2.46. The highest BCUT2D eigenvalue weighted by atomic mass is 16.4. The molecule has 2 aromatic heterocycles. The van der Waals surface area contributed by atoms with E-state index in [1.165, 1.54) is 0 Å². The minimum atomic E-state index is -0.838. The lowest BCUT2D eigenvalue weighted by Gasteiger charge is -2.06. The molecule has 3 aromatic rings. The van der Waals surface area contributed by atoms with Crippen LogP contribution in [0.1, 0.15) is 5.56 Å². The molecule has 0 amide bonds. The molecule has 0 bridgehead atoms. The van der Waals surface area contributed by atoms with Gasteiger partial charge >= 0.3 is 5.97 Å². The van der Waals surface area contributed by atoms with E-state index in [-0.39, 0.29) is 6.42 Å². The van der Waals surface area contributed by atoms with E-state index >= 15 is 0 Å². The molecule has 0 spiro atoms. The van der Waals surface area contributed by atoms with Crippen LogP contribution in [0, 0.1) is 0 Å². The van der Waals surface area contributed by atoms with Gasteiger partial charge in [-0.15, -0.1) is 0 Å². The van der Waals surface area contributed by atoms with Gasteiger partial charge in [-0.2, -0.15) is 0 Å². The number of benzene rings is 1. The molecule has 98 valence electrons. The van der Waals surface area contributed by atoms with Gasteiger partial charge in [-0.25, -0.2) is 0 Å². The van der Waals surface area contributed by atoms with Gasteiger partial charge in [0.2, 0.25) is 0 Å². The molecular formula is C16H12N2O2. The van der Waals surface area contributed by atoms with Crippen LogP contribution in [0.2, 0.25) is 0 Å². The second-order valence-electron chi connectivity index (χ2n) is 4.50. The van der Waals surface area contributed by atoms with Gasteiger partial charge in [0.15, 0.2) is 0 Å². The summed E-state index contributed by atoms with van der Waals surface area (Å²) in [4.78, 5) is 19.5. The summed E-state index contributed by atoms with van der Waals surface area (Å²) in [7, 11) is 0. The van der Waals surface area contributed by atoms with E-state index in [0.29, 0.717) is 0 Å². The Morgan fingerprint density at radius 2 is 1.95 bits per heavy atom. The van der Waals surface area contributed by atoms with Crippen LogP contribution in [0.5, 0.6) is 0 Å². The molecule has 1 N–H and O–H groups in total. The van der Waals surface area contributed by atoms with Gasteiger partial charge < -0.3 is 5.11 Å². The Morgan fingerprint density at radius 1 is 1.05 bits per heavy atom. The molecule has 1 aromatic carbocycles. The first-order valence-electron chi connectivity index (χ1n) is 6.25. The van der Waals surface area contributed by atoms with E-state index in [1.807, 2.05) is 36.4 Å². The summed E-state index contributed by atoms with van der Waals surface area (Å²) in [6.07, 6.45) is 3.47. The predicted molar refractivity (Wildman–Crippen MR) is 76.3 cm³/mol. The van der Waals surface area contributed by atoms with Crippen LogP contribution in [-0.4, -0.2) is 21.0 Å². The van der Waals surface area contributed by atoms with Crippen LogP contribution < -0.4 is 0 Å². The fourth-order valence-electron chi connectivity index (χ4n) is 2.24. The van der Waals surface area contributed by atoms with Gasteiger partial charge in [-0.1, -0.05) is 18.2 Å². The van der Waals surface area contributed by atoms with Crippen LogP contribution in [-0.2, 0) is 11.2 Å². The molecule has 4 heteroatoms. The maximum atomic E-state index is 10.8. The molecular weight excluding hydrogens is 252 g/mol. The zero-order valence-electron chi connectivity index (χ0n) is 10.7. The molecule has 0 aliphatic heterocycles. The second-order valence-corrected chi connectivity index (χ2v) is 4.50. The van der Waals surface area contributed by atoms with Crippen molar-refractivity contribution in [2.75, 3.05) is 0 Å². The highest BCUT2D eigenvalue weighted by molar-refractivity contribution is 5.92. The van der Waals surface area contributed by atoms with Gasteiger partial charge in [-0.3, -0.25) is 14.8 Å². The van der Waals surface area contributed by atoms with Crippen LogP contribution in [0.25, 0.3) is 22.2 Å². The molecule has 20 heavy (non-hydrogen) atoms. The minimum Gasteiger partial charge on any atom is -0.481 e. The summed E-state index contributed by atoms with van der Waals surface area (Å²) in [5.74, 6) is -0.838. The summed E-state index contributed by atoms with van der Waals surface area (Å²) in [5, 5.41) is 9.84. The van der Waals surface area contributed by atoms with Crippen molar-refractivity contribution < 1.29 is 9.90 Å². The Balaban J connectivity index is 2.13. The molecule has 2 heterocycles. The molecule has 0 unspecified atom stereocenters. The molecule has 0 aliphatic carbocycles. The van der Waals surface area contributed by atoms with E-state index in [9.17, 15) is 4.79 Å². The van der Waals surface area contributed by atoms with Gasteiger partial charge in [0.05, 0.1) is 17.6 Å². The number of carboxylic acids is 1. The SMILES string of the molecule is O=C(O)Cc1cccc(-c2nccc3ncccc23)c1. The third-order valence-electron chi connectivity index (χ3n) is 3.09. The second kappa shape index (κ2) is 5.09. The largest absolute Gasteiger partial charge is 0.481 e. The minimum absolute atomic E-state index is 0.0108. The van der Waals surface area contributed by atoms with Crippen molar-refractivity contribution in [2.45, 2.75) is 6.42 Å². The monoisotopic (exact) mass is 264 g/mol. The number of aliphatic carboxylic acids is 1. The number of rotatable bonds is 3. The van der Waals surface area contributed by atoms with Crippen LogP contribution >= 0.6 is 0 Å². The summed E-state index contributed by atoms with van der Waals surface area (Å²) in [6, 6.07) is 13.2. The Bertz CT molecular complexity index is 779. The van der Waals surface area contributed by atoms with Gasteiger partial charge in [0.1, 0.15) is 0 Å². The van der Waals surface area contributed by atoms with Crippen LogP contribution in [0.15, 0.2) is 54.9 Å². The van der Waals surface area contributed by atoms with Crippen molar-refractivity contribution in [3.63, 3.8) is 0 Å². The van der Waals surface area contributed by atoms with Gasteiger partial charge in [0.25, 0.3) is 0 Å². The fourth-order valence-corrected chi connectivity index (χ4v) is 2.24. The molecule has 0 fully saturated rings. The van der Waals surface area contributed by atoms with Gasteiger partial charge in [-0.05, 0) is 29.8 Å². The maximum absolute atomic E-state index is 10.8. The lowest BCUT2D eigenvalue weighted by Crippen LogP contribution is -2.00.